The lowest BCUT2D eigenvalue weighted by atomic mass is 9.81. The molecule has 6 heteroatoms. The van der Waals surface area contributed by atoms with Crippen LogP contribution in [-0.2, 0) is 6.42 Å². The van der Waals surface area contributed by atoms with Crippen LogP contribution >= 0.6 is 0 Å². The van der Waals surface area contributed by atoms with Crippen LogP contribution in [0.15, 0.2) is 36.4 Å². The summed E-state index contributed by atoms with van der Waals surface area (Å²) in [5, 5.41) is 10.3. The highest BCUT2D eigenvalue weighted by molar-refractivity contribution is 6.05. The van der Waals surface area contributed by atoms with Crippen LogP contribution < -0.4 is 18.9 Å². The Hall–Kier alpha value is -3.15. The number of carbonyl (C=O) groups is 1. The molecule has 4 rings (SSSR count). The Kier molecular flexibility index (Phi) is 4.41. The number of allylic oxidation sites excluding steroid dienone is 1. The summed E-state index contributed by atoms with van der Waals surface area (Å²) in [6, 6.07) is 6.65. The summed E-state index contributed by atoms with van der Waals surface area (Å²) in [4.78, 5) is 13.4. The molecule has 0 aliphatic carbocycles. The summed E-state index contributed by atoms with van der Waals surface area (Å²) < 4.78 is 22.8. The first-order chi connectivity index (χ1) is 13.4. The highest BCUT2D eigenvalue weighted by Crippen LogP contribution is 2.48. The van der Waals surface area contributed by atoms with Gasteiger partial charge in [-0.3, -0.25) is 4.79 Å². The van der Waals surface area contributed by atoms with E-state index in [-0.39, 0.29) is 18.1 Å². The summed E-state index contributed by atoms with van der Waals surface area (Å²) >= 11 is 0. The van der Waals surface area contributed by atoms with Crippen LogP contribution in [0.5, 0.6) is 28.7 Å². The summed E-state index contributed by atoms with van der Waals surface area (Å²) in [6.07, 6.45) is -0.0569. The fourth-order valence-electron chi connectivity index (χ4n) is 3.86. The van der Waals surface area contributed by atoms with Gasteiger partial charge in [0.25, 0.3) is 0 Å². The molecule has 2 aromatic rings. The van der Waals surface area contributed by atoms with E-state index < -0.39 is 12.0 Å². The predicted octanol–water partition coefficient (Wildman–Crippen LogP) is 3.65. The van der Waals surface area contributed by atoms with E-state index >= 15 is 0 Å². The Labute approximate surface area is 163 Å². The molecule has 1 N–H and O–H groups in total. The maximum absolute atomic E-state index is 13.4. The molecule has 0 amide bonds. The van der Waals surface area contributed by atoms with Crippen molar-refractivity contribution in [2.45, 2.75) is 25.4 Å². The number of aromatic hydroxyl groups is 1. The first-order valence-corrected chi connectivity index (χ1v) is 9.03. The molecule has 0 saturated heterocycles. The Bertz CT molecular complexity index is 977. The number of fused-ring (bicyclic) bond motifs is 4. The Balaban J connectivity index is 1.83. The molecule has 146 valence electrons. The molecule has 0 aromatic heterocycles. The number of phenolic OH excluding ortho intramolecular Hbond substituents is 1. The molecule has 0 fully saturated rings. The maximum Gasteiger partial charge on any atom is 0.178 e. The number of carbonyl (C=O) groups excluding carboxylic acids is 1. The van der Waals surface area contributed by atoms with Crippen molar-refractivity contribution in [2.24, 2.45) is 0 Å². The third-order valence-electron chi connectivity index (χ3n) is 5.16. The zero-order valence-corrected chi connectivity index (χ0v) is 16.1. The average Bonchev–Trinajstić information content (AvgIpc) is 2.68. The van der Waals surface area contributed by atoms with Crippen LogP contribution in [0.25, 0.3) is 0 Å². The largest absolute Gasteiger partial charge is 0.508 e. The second-order valence-corrected chi connectivity index (χ2v) is 7.13. The molecule has 2 heterocycles. The first-order valence-electron chi connectivity index (χ1n) is 9.03. The van der Waals surface area contributed by atoms with E-state index in [4.69, 9.17) is 18.9 Å². The Morgan fingerprint density at radius 2 is 1.96 bits per heavy atom. The molecular weight excluding hydrogens is 360 g/mol. The maximum atomic E-state index is 13.4. The fourth-order valence-corrected chi connectivity index (χ4v) is 3.86. The number of phenols is 1. The van der Waals surface area contributed by atoms with Crippen molar-refractivity contribution in [3.63, 3.8) is 0 Å². The SMILES string of the molecule is C=C(C)Cc1c(O)ccc2c1O[C@@H]1COc3cc(OC)c(OC)cc3[C@@H]1C2=O. The van der Waals surface area contributed by atoms with Gasteiger partial charge in [-0.15, -0.1) is 0 Å². The minimum absolute atomic E-state index is 0.0639. The molecule has 0 radical (unpaired) electrons. The monoisotopic (exact) mass is 382 g/mol. The van der Waals surface area contributed by atoms with Crippen LogP contribution in [0.1, 0.15) is 34.3 Å². The van der Waals surface area contributed by atoms with Crippen molar-refractivity contribution in [2.75, 3.05) is 20.8 Å². The molecule has 2 aromatic carbocycles. The van der Waals surface area contributed by atoms with E-state index in [9.17, 15) is 9.90 Å². The lowest BCUT2D eigenvalue weighted by Gasteiger charge is -2.38. The minimum Gasteiger partial charge on any atom is -0.508 e. The van der Waals surface area contributed by atoms with Gasteiger partial charge in [0.15, 0.2) is 17.3 Å². The number of ketones is 1. The topological polar surface area (TPSA) is 74.2 Å². The number of hydrogen-bond donors (Lipinski definition) is 1. The first kappa shape index (κ1) is 18.2. The van der Waals surface area contributed by atoms with Gasteiger partial charge in [0.05, 0.1) is 25.7 Å². The highest BCUT2D eigenvalue weighted by Gasteiger charge is 2.44. The van der Waals surface area contributed by atoms with Gasteiger partial charge in [0.2, 0.25) is 0 Å². The lowest BCUT2D eigenvalue weighted by Crippen LogP contribution is -2.43. The molecule has 0 bridgehead atoms. The zero-order valence-electron chi connectivity index (χ0n) is 16.1. The number of Topliss-reactive ketones (excluding diaryl/α,β-unsaturated/α-hetero) is 1. The minimum atomic E-state index is -0.515. The second-order valence-electron chi connectivity index (χ2n) is 7.13. The van der Waals surface area contributed by atoms with Crippen molar-refractivity contribution in [1.29, 1.82) is 0 Å². The molecular formula is C22H22O6. The van der Waals surface area contributed by atoms with Gasteiger partial charge in [0.1, 0.15) is 30.0 Å². The van der Waals surface area contributed by atoms with Gasteiger partial charge >= 0.3 is 0 Å². The zero-order chi connectivity index (χ0) is 20.0. The van der Waals surface area contributed by atoms with Gasteiger partial charge in [-0.05, 0) is 25.1 Å². The number of benzene rings is 2. The Morgan fingerprint density at radius 3 is 2.64 bits per heavy atom. The molecule has 0 saturated carbocycles. The van der Waals surface area contributed by atoms with Crippen LogP contribution in [0.2, 0.25) is 0 Å². The third-order valence-corrected chi connectivity index (χ3v) is 5.16. The van der Waals surface area contributed by atoms with E-state index in [0.717, 1.165) is 5.57 Å². The van der Waals surface area contributed by atoms with E-state index in [1.807, 2.05) is 6.92 Å². The number of methoxy groups -OCH3 is 2. The molecule has 28 heavy (non-hydrogen) atoms. The quantitative estimate of drug-likeness (QED) is 0.814. The van der Waals surface area contributed by atoms with Gasteiger partial charge in [-0.25, -0.2) is 0 Å². The van der Waals surface area contributed by atoms with E-state index in [0.29, 0.717) is 46.1 Å². The normalized spacial score (nSPS) is 19.5. The summed E-state index contributed by atoms with van der Waals surface area (Å²) in [5.41, 5.74) is 2.61. The summed E-state index contributed by atoms with van der Waals surface area (Å²) in [6.45, 7) is 5.99. The summed E-state index contributed by atoms with van der Waals surface area (Å²) in [5.74, 6) is 1.58. The van der Waals surface area contributed by atoms with Crippen molar-refractivity contribution in [1.82, 2.24) is 0 Å². The molecule has 0 unspecified atom stereocenters. The van der Waals surface area contributed by atoms with Crippen LogP contribution in [-0.4, -0.2) is 37.8 Å². The number of rotatable bonds is 4. The van der Waals surface area contributed by atoms with Crippen molar-refractivity contribution in [3.05, 3.63) is 53.1 Å². The van der Waals surface area contributed by atoms with Gasteiger partial charge in [-0.1, -0.05) is 12.2 Å². The van der Waals surface area contributed by atoms with E-state index in [1.165, 1.54) is 6.07 Å². The van der Waals surface area contributed by atoms with Crippen LogP contribution in [0.4, 0.5) is 0 Å². The van der Waals surface area contributed by atoms with Crippen LogP contribution in [0, 0.1) is 0 Å². The van der Waals surface area contributed by atoms with Gasteiger partial charge < -0.3 is 24.1 Å². The van der Waals surface area contributed by atoms with Crippen molar-refractivity contribution in [3.8, 4) is 28.7 Å². The Morgan fingerprint density at radius 1 is 1.25 bits per heavy atom. The predicted molar refractivity (Wildman–Crippen MR) is 103 cm³/mol. The fraction of sp³-hybridized carbons (Fsp3) is 0.318. The molecule has 6 nitrogen and oxygen atoms in total. The molecule has 2 atom stereocenters. The van der Waals surface area contributed by atoms with Gasteiger partial charge in [-0.2, -0.15) is 0 Å². The smallest absolute Gasteiger partial charge is 0.178 e. The highest BCUT2D eigenvalue weighted by atomic mass is 16.5. The van der Waals surface area contributed by atoms with E-state index in [1.54, 1.807) is 32.4 Å². The second kappa shape index (κ2) is 6.78. The number of hydrogen-bond acceptors (Lipinski definition) is 6. The standard InChI is InChI=1S/C22H22O6/c1-11(2)7-13-15(23)6-5-12-21(24)20-14-8-17(25-3)18(26-4)9-16(14)27-10-19(20)28-22(12)13/h5-6,8-9,19-20,23H,1,7,10H2,2-4H3/t19-,20+/m1/s1. The summed E-state index contributed by atoms with van der Waals surface area (Å²) in [7, 11) is 3.10. The lowest BCUT2D eigenvalue weighted by molar-refractivity contribution is 0.0553. The number of ether oxygens (including phenoxy) is 4. The van der Waals surface area contributed by atoms with Crippen LogP contribution in [0.3, 0.4) is 0 Å². The average molecular weight is 382 g/mol. The molecule has 0 spiro atoms. The van der Waals surface area contributed by atoms with Gasteiger partial charge in [0, 0.05) is 23.6 Å². The molecule has 2 aliphatic heterocycles. The van der Waals surface area contributed by atoms with Crippen molar-refractivity contribution < 1.29 is 28.8 Å². The van der Waals surface area contributed by atoms with E-state index in [2.05, 4.69) is 6.58 Å². The van der Waals surface area contributed by atoms with Crippen molar-refractivity contribution >= 4 is 5.78 Å². The third kappa shape index (κ3) is 2.76. The molecule has 2 aliphatic rings.